The summed E-state index contributed by atoms with van der Waals surface area (Å²) < 4.78 is 0. The first-order valence-corrected chi connectivity index (χ1v) is 3.93. The van der Waals surface area contributed by atoms with Gasteiger partial charge in [0.05, 0.1) is 0 Å². The third kappa shape index (κ3) is 3.94. The molecule has 1 heterocycles. The lowest BCUT2D eigenvalue weighted by Gasteiger charge is -2.20. The lowest BCUT2D eigenvalue weighted by atomic mass is 10.0. The second-order valence-corrected chi connectivity index (χ2v) is 4.09. The zero-order valence-corrected chi connectivity index (χ0v) is 9.89. The number of hydrogen-bond acceptors (Lipinski definition) is 2. The molecule has 1 fully saturated rings. The van der Waals surface area contributed by atoms with Crippen LogP contribution >= 0.6 is 24.8 Å². The van der Waals surface area contributed by atoms with E-state index in [9.17, 15) is 0 Å². The van der Waals surface area contributed by atoms with Gasteiger partial charge < -0.3 is 10.2 Å². The summed E-state index contributed by atoms with van der Waals surface area (Å²) in [7, 11) is 4.29. The fourth-order valence-electron chi connectivity index (χ4n) is 1.49. The van der Waals surface area contributed by atoms with Crippen LogP contribution in [0.3, 0.4) is 0 Å². The molecule has 12 heavy (non-hydrogen) atoms. The molecule has 1 aliphatic rings. The number of halogens is 2. The minimum atomic E-state index is 0. The van der Waals surface area contributed by atoms with Crippen molar-refractivity contribution in [1.29, 1.82) is 0 Å². The first-order chi connectivity index (χ1) is 4.51. The molecule has 0 amide bonds. The van der Waals surface area contributed by atoms with Gasteiger partial charge in [0.2, 0.25) is 0 Å². The summed E-state index contributed by atoms with van der Waals surface area (Å²) in [5.74, 6) is 0. The van der Waals surface area contributed by atoms with Crippen LogP contribution in [0.2, 0.25) is 0 Å². The molecule has 1 saturated heterocycles. The first-order valence-electron chi connectivity index (χ1n) is 3.93. The van der Waals surface area contributed by atoms with Gasteiger partial charge in [-0.3, -0.25) is 0 Å². The summed E-state index contributed by atoms with van der Waals surface area (Å²) in [5.41, 5.74) is 0.356. The van der Waals surface area contributed by atoms with Gasteiger partial charge in [0, 0.05) is 18.1 Å². The van der Waals surface area contributed by atoms with Gasteiger partial charge in [-0.2, -0.15) is 0 Å². The smallest absolute Gasteiger partial charge is 0.0232 e. The minimum absolute atomic E-state index is 0. The Hall–Kier alpha value is 0.500. The van der Waals surface area contributed by atoms with Crippen LogP contribution in [-0.4, -0.2) is 37.1 Å². The van der Waals surface area contributed by atoms with Gasteiger partial charge in [0.1, 0.15) is 0 Å². The molecule has 0 aromatic carbocycles. The molecule has 1 aliphatic heterocycles. The molecular formula is C8H20Cl2N2. The Balaban J connectivity index is 0. The number of nitrogens with one attached hydrogen (secondary N) is 1. The summed E-state index contributed by atoms with van der Waals surface area (Å²) in [6.07, 6.45) is 1.26. The SMILES string of the molecule is CN(C)C1CNC(C)(C)C1.Cl.Cl. The van der Waals surface area contributed by atoms with E-state index >= 15 is 0 Å². The van der Waals surface area contributed by atoms with Crippen molar-refractivity contribution in [3.63, 3.8) is 0 Å². The van der Waals surface area contributed by atoms with Crippen LogP contribution < -0.4 is 5.32 Å². The molecule has 0 radical (unpaired) electrons. The Morgan fingerprint density at radius 1 is 1.25 bits per heavy atom. The Labute approximate surface area is 87.9 Å². The highest BCUT2D eigenvalue weighted by Crippen LogP contribution is 2.20. The van der Waals surface area contributed by atoms with Gasteiger partial charge in [0.25, 0.3) is 0 Å². The average molecular weight is 215 g/mol. The van der Waals surface area contributed by atoms with Crippen LogP contribution in [0.15, 0.2) is 0 Å². The number of rotatable bonds is 1. The first kappa shape index (κ1) is 15.0. The average Bonchev–Trinajstić information content (AvgIpc) is 2.10. The third-order valence-corrected chi connectivity index (χ3v) is 2.29. The van der Waals surface area contributed by atoms with Crippen LogP contribution in [0.5, 0.6) is 0 Å². The summed E-state index contributed by atoms with van der Waals surface area (Å²) in [5, 5.41) is 3.49. The van der Waals surface area contributed by atoms with E-state index in [2.05, 4.69) is 38.2 Å². The fourth-order valence-corrected chi connectivity index (χ4v) is 1.49. The number of nitrogens with zero attached hydrogens (tertiary/aromatic N) is 1. The molecule has 0 aromatic rings. The van der Waals surface area contributed by atoms with Crippen molar-refractivity contribution in [2.24, 2.45) is 0 Å². The van der Waals surface area contributed by atoms with E-state index in [0.717, 1.165) is 12.6 Å². The molecular weight excluding hydrogens is 195 g/mol. The Bertz CT molecular complexity index is 126. The predicted molar refractivity (Wildman–Crippen MR) is 58.7 cm³/mol. The molecule has 1 rings (SSSR count). The Morgan fingerprint density at radius 3 is 1.92 bits per heavy atom. The van der Waals surface area contributed by atoms with Crippen molar-refractivity contribution in [3.05, 3.63) is 0 Å². The largest absolute Gasteiger partial charge is 0.310 e. The zero-order valence-electron chi connectivity index (χ0n) is 8.26. The van der Waals surface area contributed by atoms with Gasteiger partial charge in [-0.15, -0.1) is 24.8 Å². The van der Waals surface area contributed by atoms with Gasteiger partial charge >= 0.3 is 0 Å². The number of likely N-dealkylation sites (N-methyl/N-ethyl adjacent to an activating group) is 1. The van der Waals surface area contributed by atoms with Crippen molar-refractivity contribution < 1.29 is 0 Å². The van der Waals surface area contributed by atoms with Crippen LogP contribution in [0.25, 0.3) is 0 Å². The van der Waals surface area contributed by atoms with E-state index in [-0.39, 0.29) is 24.8 Å². The highest BCUT2D eigenvalue weighted by Gasteiger charge is 2.30. The minimum Gasteiger partial charge on any atom is -0.310 e. The lowest BCUT2D eigenvalue weighted by molar-refractivity contribution is 0.300. The molecule has 1 N–H and O–H groups in total. The summed E-state index contributed by atoms with van der Waals surface area (Å²) in [6, 6.07) is 0.731. The molecule has 4 heteroatoms. The molecule has 0 aliphatic carbocycles. The Morgan fingerprint density at radius 2 is 1.75 bits per heavy atom. The number of hydrogen-bond donors (Lipinski definition) is 1. The van der Waals surface area contributed by atoms with Crippen molar-refractivity contribution >= 4 is 24.8 Å². The van der Waals surface area contributed by atoms with Gasteiger partial charge in [-0.05, 0) is 34.4 Å². The quantitative estimate of drug-likeness (QED) is 0.713. The molecule has 2 nitrogen and oxygen atoms in total. The molecule has 0 spiro atoms. The standard InChI is InChI=1S/C8H18N2.2ClH/c1-8(2)5-7(6-9-8)10(3)4;;/h7,9H,5-6H2,1-4H3;2*1H. The normalized spacial score (nSPS) is 26.2. The second kappa shape index (κ2) is 5.28. The van der Waals surface area contributed by atoms with E-state index in [0.29, 0.717) is 5.54 Å². The van der Waals surface area contributed by atoms with Crippen molar-refractivity contribution in [2.45, 2.75) is 31.8 Å². The van der Waals surface area contributed by atoms with Gasteiger partial charge in [-0.25, -0.2) is 0 Å². The van der Waals surface area contributed by atoms with Crippen LogP contribution in [0.1, 0.15) is 20.3 Å². The topological polar surface area (TPSA) is 15.3 Å². The van der Waals surface area contributed by atoms with Crippen LogP contribution in [-0.2, 0) is 0 Å². The Kier molecular flexibility index (Phi) is 6.59. The van der Waals surface area contributed by atoms with Crippen LogP contribution in [0, 0.1) is 0 Å². The second-order valence-electron chi connectivity index (χ2n) is 4.09. The van der Waals surface area contributed by atoms with Crippen LogP contribution in [0.4, 0.5) is 0 Å². The molecule has 0 bridgehead atoms. The summed E-state index contributed by atoms with van der Waals surface area (Å²) >= 11 is 0. The van der Waals surface area contributed by atoms with Crippen molar-refractivity contribution in [3.8, 4) is 0 Å². The van der Waals surface area contributed by atoms with Crippen molar-refractivity contribution in [2.75, 3.05) is 20.6 Å². The third-order valence-electron chi connectivity index (χ3n) is 2.29. The van der Waals surface area contributed by atoms with E-state index < -0.39 is 0 Å². The molecule has 0 aromatic heterocycles. The maximum Gasteiger partial charge on any atom is 0.0232 e. The van der Waals surface area contributed by atoms with Gasteiger partial charge in [0.15, 0.2) is 0 Å². The monoisotopic (exact) mass is 214 g/mol. The highest BCUT2D eigenvalue weighted by molar-refractivity contribution is 5.85. The molecule has 1 unspecified atom stereocenters. The molecule has 0 saturated carbocycles. The van der Waals surface area contributed by atoms with E-state index in [4.69, 9.17) is 0 Å². The van der Waals surface area contributed by atoms with E-state index in [1.807, 2.05) is 0 Å². The van der Waals surface area contributed by atoms with E-state index in [1.54, 1.807) is 0 Å². The zero-order chi connectivity index (χ0) is 7.78. The summed E-state index contributed by atoms with van der Waals surface area (Å²) in [6.45, 7) is 5.66. The molecule has 1 atom stereocenters. The summed E-state index contributed by atoms with van der Waals surface area (Å²) in [4.78, 5) is 2.29. The van der Waals surface area contributed by atoms with Crippen molar-refractivity contribution in [1.82, 2.24) is 10.2 Å². The maximum atomic E-state index is 3.49. The maximum absolute atomic E-state index is 3.49. The predicted octanol–water partition coefficient (Wildman–Crippen LogP) is 1.53. The van der Waals surface area contributed by atoms with Gasteiger partial charge in [-0.1, -0.05) is 0 Å². The molecule has 76 valence electrons. The fraction of sp³-hybridized carbons (Fsp3) is 1.00. The lowest BCUT2D eigenvalue weighted by Crippen LogP contribution is -2.31. The highest BCUT2D eigenvalue weighted by atomic mass is 35.5. The van der Waals surface area contributed by atoms with E-state index in [1.165, 1.54) is 6.42 Å².